The smallest absolute Gasteiger partial charge is 0.870 e. The number of nitrogens with zero attached hydrogens (tertiary/aromatic N) is 6. The molecule has 18 nitrogen and oxygen atoms in total. The summed E-state index contributed by atoms with van der Waals surface area (Å²) in [6.45, 7) is 7.53. The Hall–Kier alpha value is -8.69. The van der Waals surface area contributed by atoms with Crippen molar-refractivity contribution in [3.05, 3.63) is 207 Å². The number of rotatable bonds is 32. The number of ether oxygens (including phenoxy) is 2. The number of fused-ring (bicyclic) bond motifs is 6. The molecule has 3 aromatic carbocycles. The summed E-state index contributed by atoms with van der Waals surface area (Å²) >= 11 is 0. The van der Waals surface area contributed by atoms with Crippen LogP contribution in [-0.4, -0.2) is 81.3 Å². The van der Waals surface area contributed by atoms with E-state index in [2.05, 4.69) is 69.5 Å². The van der Waals surface area contributed by atoms with Crippen molar-refractivity contribution in [3.63, 3.8) is 0 Å². The van der Waals surface area contributed by atoms with E-state index in [-0.39, 0.29) is 60.4 Å². The monoisotopic (exact) mass is 1360 g/mol. The van der Waals surface area contributed by atoms with Gasteiger partial charge in [0, 0.05) is 94.2 Å². The largest absolute Gasteiger partial charge is 1.00 e. The Bertz CT molecular complexity index is 4100. The van der Waals surface area contributed by atoms with Crippen LogP contribution >= 0.6 is 0 Å². The summed E-state index contributed by atoms with van der Waals surface area (Å²) in [5.74, 6) is 2.04. The van der Waals surface area contributed by atoms with E-state index in [1.807, 2.05) is 92.8 Å². The minimum atomic E-state index is -0.826. The predicted molar refractivity (Wildman–Crippen MR) is 396 cm³/mol. The third-order valence-corrected chi connectivity index (χ3v) is 19.5. The quantitative estimate of drug-likeness (QED) is 0.0100. The van der Waals surface area contributed by atoms with Gasteiger partial charge in [-0.05, 0) is 193 Å². The number of carbonyl (C=O) groups is 3. The molecule has 530 valence electrons. The van der Waals surface area contributed by atoms with Crippen LogP contribution in [0.4, 0.5) is 17.5 Å². The molecule has 0 amide bonds. The number of hydrogen-bond acceptors (Lipinski definition) is 15. The van der Waals surface area contributed by atoms with Crippen LogP contribution in [0.1, 0.15) is 217 Å². The molecule has 3 unspecified atom stereocenters. The molecule has 0 fully saturated rings. The Morgan fingerprint density at radius 1 is 0.475 bits per heavy atom. The number of aromatic nitrogens is 6. The summed E-state index contributed by atoms with van der Waals surface area (Å²) in [5.41, 5.74) is 12.6. The molecule has 0 aliphatic carbocycles. The first-order valence-electron chi connectivity index (χ1n) is 36.8. The van der Waals surface area contributed by atoms with Crippen molar-refractivity contribution < 1.29 is 62.8 Å². The number of carboxylic acid groups (broad SMARTS) is 1. The first-order valence-corrected chi connectivity index (χ1v) is 36.8. The second-order valence-corrected chi connectivity index (χ2v) is 26.9. The standard InChI is InChI=1S/C28H35N3O3.C28H35N3O2.C26H31N3O3.Li.H2O/c1-2-34-27(32)19-22(24-18-23-11-7-8-14-26(23)31(33)20-24)10-5-3-4-6-13-25-16-15-21-12-9-17-29-28(21)30-25;1-2-33-27(32)19-22(24-18-23-11-7-8-14-26(23)30-20-24)10-5-3-4-6-13-25-16-15-21-12-9-17-29-28(21)31-25;30-25(31)17-20(22-16-21-9-5-6-12-24(21)29(32)18-22)8-3-1-2-4-11-23-14-13-19-10-7-15-27-26(19)28-23;;/h7-8,11,14-16,18,20,22H,2-6,9-10,12-13,17,19H2,1H3,(H,29,30);7-8,11,14-16,18,20,22H,2-6,9-10,12-13,17,19H2,1H3,(H,29,31);5-6,9,12-14,16,18,20H,1-4,7-8,10-11,15,17H2,(H,27,28)(H,30,31);;1H2/q;;;+1;/p-1. The number of esters is 2. The number of aliphatic carboxylic acids is 1. The average Bonchev–Trinajstić information content (AvgIpc) is 0.824. The molecule has 9 aromatic rings. The van der Waals surface area contributed by atoms with E-state index >= 15 is 0 Å². The predicted octanol–water partition coefficient (Wildman–Crippen LogP) is 13.5. The second kappa shape index (κ2) is 41.3. The molecule has 0 spiro atoms. The van der Waals surface area contributed by atoms with Crippen molar-refractivity contribution in [2.45, 2.75) is 205 Å². The average molecular weight is 1360 g/mol. The minimum Gasteiger partial charge on any atom is -0.870 e. The number of benzene rings is 3. The van der Waals surface area contributed by atoms with Crippen LogP contribution in [0.5, 0.6) is 0 Å². The van der Waals surface area contributed by atoms with Crippen molar-refractivity contribution in [2.24, 2.45) is 0 Å². The van der Waals surface area contributed by atoms with Crippen molar-refractivity contribution in [2.75, 3.05) is 48.8 Å². The summed E-state index contributed by atoms with van der Waals surface area (Å²) in [6.07, 6.45) is 31.4. The molecule has 3 aliphatic rings. The van der Waals surface area contributed by atoms with Crippen LogP contribution in [0.25, 0.3) is 32.7 Å². The molecule has 9 heterocycles. The van der Waals surface area contributed by atoms with Gasteiger partial charge in [0.15, 0.2) is 12.4 Å². The Balaban J connectivity index is 0.000000191. The van der Waals surface area contributed by atoms with E-state index in [1.54, 1.807) is 18.5 Å². The van der Waals surface area contributed by atoms with Gasteiger partial charge in [0.2, 0.25) is 11.0 Å². The molecular weight excluding hydrogens is 1260 g/mol. The molecule has 0 saturated carbocycles. The van der Waals surface area contributed by atoms with Crippen LogP contribution in [0.15, 0.2) is 146 Å². The van der Waals surface area contributed by atoms with E-state index in [9.17, 15) is 29.9 Å². The number of anilines is 3. The molecule has 0 bridgehead atoms. The van der Waals surface area contributed by atoms with Gasteiger partial charge in [-0.2, -0.15) is 9.46 Å². The zero-order valence-corrected chi connectivity index (χ0v) is 59.7. The third-order valence-electron chi connectivity index (χ3n) is 19.5. The van der Waals surface area contributed by atoms with Gasteiger partial charge >= 0.3 is 36.8 Å². The second-order valence-electron chi connectivity index (χ2n) is 26.9. The summed E-state index contributed by atoms with van der Waals surface area (Å²) in [6, 6.07) is 42.4. The maximum Gasteiger partial charge on any atom is 1.00 e. The Morgan fingerprint density at radius 3 is 1.26 bits per heavy atom. The van der Waals surface area contributed by atoms with Gasteiger partial charge < -0.3 is 46.4 Å². The van der Waals surface area contributed by atoms with Crippen LogP contribution in [0.3, 0.4) is 0 Å². The zero-order valence-electron chi connectivity index (χ0n) is 59.7. The molecule has 6 aromatic heterocycles. The van der Waals surface area contributed by atoms with E-state index in [1.165, 1.54) is 48.1 Å². The summed E-state index contributed by atoms with van der Waals surface area (Å²) in [5, 5.41) is 47.4. The summed E-state index contributed by atoms with van der Waals surface area (Å²) < 4.78 is 12.2. The Labute approximate surface area is 608 Å². The van der Waals surface area contributed by atoms with E-state index in [0.29, 0.717) is 37.1 Å². The van der Waals surface area contributed by atoms with Gasteiger partial charge in [-0.25, -0.2) is 15.0 Å². The van der Waals surface area contributed by atoms with Gasteiger partial charge in [0.1, 0.15) is 17.5 Å². The zero-order chi connectivity index (χ0) is 69.0. The van der Waals surface area contributed by atoms with Gasteiger partial charge in [0.05, 0.1) is 38.0 Å². The molecule has 0 saturated heterocycles. The number of pyridine rings is 6. The summed E-state index contributed by atoms with van der Waals surface area (Å²) in [7, 11) is 0. The Kier molecular flexibility index (Phi) is 31.9. The number of hydrogen-bond donors (Lipinski definition) is 4. The fourth-order valence-corrected chi connectivity index (χ4v) is 14.1. The minimum absolute atomic E-state index is 0. The Morgan fingerprint density at radius 2 is 0.842 bits per heavy atom. The maximum atomic E-state index is 12.5. The first-order chi connectivity index (χ1) is 48.5. The number of aryl methyl sites for hydroxylation is 6. The van der Waals surface area contributed by atoms with Gasteiger partial charge in [-0.1, -0.05) is 118 Å². The normalized spacial score (nSPS) is 13.6. The van der Waals surface area contributed by atoms with Crippen LogP contribution < -0.4 is 44.3 Å². The van der Waals surface area contributed by atoms with Gasteiger partial charge in [0.25, 0.3) is 0 Å². The fourth-order valence-electron chi connectivity index (χ4n) is 14.1. The molecule has 3 atom stereocenters. The molecular formula is C82H102LiN9O9. The van der Waals surface area contributed by atoms with Gasteiger partial charge in [-0.3, -0.25) is 19.4 Å². The van der Waals surface area contributed by atoms with Crippen LogP contribution in [-0.2, 0) is 62.4 Å². The van der Waals surface area contributed by atoms with Crippen molar-refractivity contribution >= 4 is 68.1 Å². The molecule has 3 aliphatic heterocycles. The first kappa shape index (κ1) is 78.0. The van der Waals surface area contributed by atoms with Crippen LogP contribution in [0.2, 0.25) is 0 Å². The van der Waals surface area contributed by atoms with Crippen molar-refractivity contribution in [1.82, 2.24) is 19.9 Å². The number of carboxylic acids is 1. The molecule has 0 radical (unpaired) electrons. The number of carbonyl (C=O) groups excluding carboxylic acids is 2. The molecule has 5 N–H and O–H groups in total. The SMILES string of the molecule is CCOC(=O)CC(CCCCCCc1ccc2c(n1)NCCC2)c1cc2ccccc2[n+]([O-])c1.CCOC(=O)CC(CCCCCCc1ccc2c(n1)NCCC2)c1cnc2ccccc2c1.O=C(O)CC(CCCCCCc1ccc2c(n1)NCCC2)c1cc2ccccc2[n+]([O-])c1.[Li+].[OH-]. The summed E-state index contributed by atoms with van der Waals surface area (Å²) in [4.78, 5) is 54.9. The van der Waals surface area contributed by atoms with Gasteiger partial charge in [-0.15, -0.1) is 0 Å². The van der Waals surface area contributed by atoms with E-state index in [4.69, 9.17) is 24.4 Å². The molecule has 101 heavy (non-hydrogen) atoms. The number of unbranched alkanes of at least 4 members (excludes halogenated alkanes) is 9. The van der Waals surface area contributed by atoms with E-state index < -0.39 is 5.97 Å². The number of nitrogens with one attached hydrogen (secondary N) is 3. The molecule has 19 heteroatoms. The molecule has 12 rings (SSSR count). The van der Waals surface area contributed by atoms with Crippen LogP contribution in [0, 0.1) is 10.4 Å². The van der Waals surface area contributed by atoms with Crippen molar-refractivity contribution in [3.8, 4) is 0 Å². The van der Waals surface area contributed by atoms with E-state index in [0.717, 1.165) is 225 Å². The number of para-hydroxylation sites is 3. The third kappa shape index (κ3) is 24.0. The van der Waals surface area contributed by atoms with Crippen molar-refractivity contribution in [1.29, 1.82) is 0 Å². The fraction of sp³-hybridized carbons (Fsp3) is 0.451. The topological polar surface area (TPSA) is 261 Å². The maximum absolute atomic E-state index is 12.5.